The Hall–Kier alpha value is 0. The maximum Gasteiger partial charge on any atom is -0.0357 e. The van der Waals surface area contributed by atoms with Crippen LogP contribution in [0, 0.1) is 18.3 Å². The summed E-state index contributed by atoms with van der Waals surface area (Å²) in [7, 11) is 0. The maximum atomic E-state index is 2.52. The molecule has 0 aromatic carbocycles. The summed E-state index contributed by atoms with van der Waals surface area (Å²) in [4.78, 5) is 0. The Bertz CT molecular complexity index is 94.2. The van der Waals surface area contributed by atoms with Gasteiger partial charge in [-0.15, -0.1) is 0 Å². The first-order chi connectivity index (χ1) is 5.36. The predicted molar refractivity (Wildman–Crippen MR) is 50.3 cm³/mol. The van der Waals surface area contributed by atoms with E-state index < -0.39 is 0 Å². The molecule has 0 N–H and O–H groups in total. The first-order valence-corrected chi connectivity index (χ1v) is 5.20. The van der Waals surface area contributed by atoms with Crippen molar-refractivity contribution in [1.82, 2.24) is 0 Å². The molecule has 1 rings (SSSR count). The van der Waals surface area contributed by atoms with Gasteiger partial charge in [-0.2, -0.15) is 0 Å². The van der Waals surface area contributed by atoms with Gasteiger partial charge in [0.05, 0.1) is 0 Å². The van der Waals surface area contributed by atoms with Crippen molar-refractivity contribution >= 4 is 0 Å². The average Bonchev–Trinajstić information content (AvgIpc) is 2.06. The van der Waals surface area contributed by atoms with Crippen LogP contribution in [0.15, 0.2) is 0 Å². The Balaban J connectivity index is 2.21. The Morgan fingerprint density at radius 2 is 2.09 bits per heavy atom. The van der Waals surface area contributed by atoms with Crippen LogP contribution in [-0.4, -0.2) is 0 Å². The van der Waals surface area contributed by atoms with Crippen molar-refractivity contribution in [2.24, 2.45) is 11.8 Å². The van der Waals surface area contributed by atoms with Crippen LogP contribution in [0.25, 0.3) is 0 Å². The third kappa shape index (κ3) is 2.84. The third-order valence-corrected chi connectivity index (χ3v) is 2.97. The molecule has 0 saturated heterocycles. The molecule has 1 saturated carbocycles. The molecule has 2 atom stereocenters. The fourth-order valence-corrected chi connectivity index (χ4v) is 2.25. The molecule has 0 aliphatic heterocycles. The van der Waals surface area contributed by atoms with Gasteiger partial charge in [0.2, 0.25) is 0 Å². The number of hydrogen-bond acceptors (Lipinski definition) is 0. The van der Waals surface area contributed by atoms with Crippen LogP contribution in [-0.2, 0) is 0 Å². The molecular weight excluding hydrogens is 132 g/mol. The van der Waals surface area contributed by atoms with Crippen molar-refractivity contribution < 1.29 is 0 Å². The summed E-state index contributed by atoms with van der Waals surface area (Å²) in [6, 6.07) is 0. The van der Waals surface area contributed by atoms with Crippen LogP contribution in [0.1, 0.15) is 52.4 Å². The zero-order valence-corrected chi connectivity index (χ0v) is 7.97. The zero-order valence-electron chi connectivity index (χ0n) is 7.97. The van der Waals surface area contributed by atoms with Gasteiger partial charge in [0, 0.05) is 0 Å². The third-order valence-electron chi connectivity index (χ3n) is 2.97. The van der Waals surface area contributed by atoms with E-state index in [1.165, 1.54) is 38.5 Å². The van der Waals surface area contributed by atoms with Crippen molar-refractivity contribution in [2.75, 3.05) is 0 Å². The first kappa shape index (κ1) is 9.09. The van der Waals surface area contributed by atoms with Gasteiger partial charge in [-0.1, -0.05) is 46.0 Å². The van der Waals surface area contributed by atoms with Crippen LogP contribution < -0.4 is 0 Å². The van der Waals surface area contributed by atoms with E-state index in [4.69, 9.17) is 0 Å². The molecular formula is C11H21. The predicted octanol–water partition coefficient (Wildman–Crippen LogP) is 3.82. The molecule has 0 heterocycles. The Morgan fingerprint density at radius 1 is 1.27 bits per heavy atom. The van der Waals surface area contributed by atoms with E-state index in [9.17, 15) is 0 Å². The van der Waals surface area contributed by atoms with E-state index in [-0.39, 0.29) is 0 Å². The summed E-state index contributed by atoms with van der Waals surface area (Å²) in [6.07, 6.45) is 11.1. The first-order valence-electron chi connectivity index (χ1n) is 5.20. The van der Waals surface area contributed by atoms with Gasteiger partial charge >= 0.3 is 0 Å². The van der Waals surface area contributed by atoms with Crippen molar-refractivity contribution in [3.63, 3.8) is 0 Å². The Labute approximate surface area is 71.4 Å². The molecule has 0 aromatic heterocycles. The van der Waals surface area contributed by atoms with Crippen molar-refractivity contribution in [2.45, 2.75) is 52.4 Å². The molecule has 0 bridgehead atoms. The minimum Gasteiger partial charge on any atom is -0.0651 e. The highest BCUT2D eigenvalue weighted by atomic mass is 14.2. The van der Waals surface area contributed by atoms with Crippen molar-refractivity contribution in [1.29, 1.82) is 0 Å². The lowest BCUT2D eigenvalue weighted by Crippen LogP contribution is -2.14. The topological polar surface area (TPSA) is 0 Å². The van der Waals surface area contributed by atoms with Crippen LogP contribution in [0.4, 0.5) is 0 Å². The molecule has 1 aliphatic rings. The van der Waals surface area contributed by atoms with Crippen LogP contribution >= 0.6 is 0 Å². The summed E-state index contributed by atoms with van der Waals surface area (Å²) in [6.45, 7) is 4.59. The zero-order chi connectivity index (χ0) is 8.10. The molecule has 0 heteroatoms. The van der Waals surface area contributed by atoms with Gasteiger partial charge < -0.3 is 0 Å². The SMILES string of the molecule is CC[CH]C1CCCC(CC)C1. The summed E-state index contributed by atoms with van der Waals surface area (Å²) >= 11 is 0. The highest BCUT2D eigenvalue weighted by Crippen LogP contribution is 2.32. The molecule has 11 heavy (non-hydrogen) atoms. The maximum absolute atomic E-state index is 2.52. The van der Waals surface area contributed by atoms with Crippen molar-refractivity contribution in [3.8, 4) is 0 Å². The lowest BCUT2D eigenvalue weighted by atomic mass is 9.78. The fourth-order valence-electron chi connectivity index (χ4n) is 2.25. The quantitative estimate of drug-likeness (QED) is 0.578. The van der Waals surface area contributed by atoms with Crippen LogP contribution in [0.3, 0.4) is 0 Å². The van der Waals surface area contributed by atoms with Crippen molar-refractivity contribution in [3.05, 3.63) is 6.42 Å². The summed E-state index contributed by atoms with van der Waals surface area (Å²) < 4.78 is 0. The van der Waals surface area contributed by atoms with E-state index in [0.29, 0.717) is 0 Å². The molecule has 1 radical (unpaired) electrons. The lowest BCUT2D eigenvalue weighted by Gasteiger charge is -2.27. The summed E-state index contributed by atoms with van der Waals surface area (Å²) in [5, 5.41) is 0. The van der Waals surface area contributed by atoms with Gasteiger partial charge in [0.15, 0.2) is 0 Å². The molecule has 1 aliphatic carbocycles. The molecule has 0 aromatic rings. The molecule has 0 spiro atoms. The summed E-state index contributed by atoms with van der Waals surface area (Å²) in [5.41, 5.74) is 0. The van der Waals surface area contributed by atoms with Gasteiger partial charge in [-0.25, -0.2) is 0 Å². The van der Waals surface area contributed by atoms with Crippen LogP contribution in [0.5, 0.6) is 0 Å². The minimum absolute atomic E-state index is 0.957. The van der Waals surface area contributed by atoms with E-state index in [0.717, 1.165) is 11.8 Å². The second-order valence-corrected chi connectivity index (χ2v) is 3.84. The van der Waals surface area contributed by atoms with Crippen LogP contribution in [0.2, 0.25) is 0 Å². The summed E-state index contributed by atoms with van der Waals surface area (Å²) in [5.74, 6) is 2.00. The molecule has 0 nitrogen and oxygen atoms in total. The van der Waals surface area contributed by atoms with Gasteiger partial charge in [-0.3, -0.25) is 0 Å². The molecule has 65 valence electrons. The highest BCUT2D eigenvalue weighted by Gasteiger charge is 2.19. The Morgan fingerprint density at radius 3 is 2.73 bits per heavy atom. The second kappa shape index (κ2) is 4.79. The molecule has 0 amide bonds. The number of rotatable bonds is 3. The fraction of sp³-hybridized carbons (Fsp3) is 0.909. The van der Waals surface area contributed by atoms with E-state index in [2.05, 4.69) is 20.3 Å². The molecule has 1 fully saturated rings. The largest absolute Gasteiger partial charge is 0.0651 e. The van der Waals surface area contributed by atoms with Gasteiger partial charge in [0.25, 0.3) is 0 Å². The highest BCUT2D eigenvalue weighted by molar-refractivity contribution is 4.81. The molecule has 2 unspecified atom stereocenters. The average molecular weight is 153 g/mol. The Kier molecular flexibility index (Phi) is 3.96. The van der Waals surface area contributed by atoms with E-state index in [1.54, 1.807) is 0 Å². The standard InChI is InChI=1S/C11H21/c1-3-6-11-8-5-7-10(4-2)9-11/h6,10-11H,3-5,7-9H2,1-2H3. The van der Waals surface area contributed by atoms with Gasteiger partial charge in [-0.05, 0) is 24.7 Å². The van der Waals surface area contributed by atoms with E-state index in [1.807, 2.05) is 0 Å². The lowest BCUT2D eigenvalue weighted by molar-refractivity contribution is 0.282. The van der Waals surface area contributed by atoms with E-state index >= 15 is 0 Å². The normalized spacial score (nSPS) is 32.2. The van der Waals surface area contributed by atoms with Gasteiger partial charge in [0.1, 0.15) is 0 Å². The second-order valence-electron chi connectivity index (χ2n) is 3.84. The number of hydrogen-bond donors (Lipinski definition) is 0. The monoisotopic (exact) mass is 153 g/mol. The minimum atomic E-state index is 0.957. The smallest absolute Gasteiger partial charge is 0.0357 e.